The molecule has 1 atom stereocenters. The van der Waals surface area contributed by atoms with Gasteiger partial charge in [0.2, 0.25) is 11.7 Å². The molecule has 0 aliphatic rings. The summed E-state index contributed by atoms with van der Waals surface area (Å²) in [7, 11) is 0. The van der Waals surface area contributed by atoms with E-state index in [1.807, 2.05) is 26.0 Å². The monoisotopic (exact) mass is 248 g/mol. The highest BCUT2D eigenvalue weighted by molar-refractivity contribution is 5.55. The summed E-state index contributed by atoms with van der Waals surface area (Å²) >= 11 is 0. The van der Waals surface area contributed by atoms with Gasteiger partial charge in [0, 0.05) is 23.6 Å². The predicted octanol–water partition coefficient (Wildman–Crippen LogP) is 1.13. The number of rotatable bonds is 4. The number of aryl methyl sites for hydroxylation is 2. The maximum absolute atomic E-state index is 8.82. The van der Waals surface area contributed by atoms with Crippen molar-refractivity contribution in [1.82, 2.24) is 15.1 Å². The Morgan fingerprint density at radius 2 is 1.94 bits per heavy atom. The average Bonchev–Trinajstić information content (AvgIpc) is 2.77. The van der Waals surface area contributed by atoms with Crippen LogP contribution in [0, 0.1) is 13.8 Å². The van der Waals surface area contributed by atoms with E-state index in [-0.39, 0.29) is 6.61 Å². The SMILES string of the molecule is Cc1cc(-c2noc(C(N)CCO)n2)cc(C)n1. The van der Waals surface area contributed by atoms with Crippen molar-refractivity contribution in [3.63, 3.8) is 0 Å². The minimum Gasteiger partial charge on any atom is -0.396 e. The van der Waals surface area contributed by atoms with E-state index in [1.165, 1.54) is 0 Å². The Kier molecular flexibility index (Phi) is 3.69. The molecule has 6 nitrogen and oxygen atoms in total. The molecule has 2 aromatic rings. The van der Waals surface area contributed by atoms with Crippen LogP contribution in [0.3, 0.4) is 0 Å². The molecule has 0 saturated heterocycles. The van der Waals surface area contributed by atoms with E-state index in [1.54, 1.807) is 0 Å². The van der Waals surface area contributed by atoms with Gasteiger partial charge in [0.1, 0.15) is 0 Å². The lowest BCUT2D eigenvalue weighted by atomic mass is 10.2. The van der Waals surface area contributed by atoms with Crippen LogP contribution in [0.5, 0.6) is 0 Å². The van der Waals surface area contributed by atoms with Gasteiger partial charge in [-0.15, -0.1) is 0 Å². The highest BCUT2D eigenvalue weighted by atomic mass is 16.5. The zero-order valence-electron chi connectivity index (χ0n) is 10.4. The van der Waals surface area contributed by atoms with Crippen LogP contribution in [0.25, 0.3) is 11.4 Å². The molecule has 0 aromatic carbocycles. The molecule has 2 heterocycles. The van der Waals surface area contributed by atoms with Crippen molar-refractivity contribution in [1.29, 1.82) is 0 Å². The van der Waals surface area contributed by atoms with E-state index in [0.29, 0.717) is 18.1 Å². The number of nitrogens with zero attached hydrogens (tertiary/aromatic N) is 3. The van der Waals surface area contributed by atoms with Crippen LogP contribution in [-0.4, -0.2) is 26.8 Å². The maximum Gasteiger partial charge on any atom is 0.243 e. The third kappa shape index (κ3) is 2.72. The zero-order chi connectivity index (χ0) is 13.1. The summed E-state index contributed by atoms with van der Waals surface area (Å²) in [6.07, 6.45) is 0.399. The Hall–Kier alpha value is -1.79. The van der Waals surface area contributed by atoms with E-state index in [9.17, 15) is 0 Å². The number of aromatic nitrogens is 3. The quantitative estimate of drug-likeness (QED) is 0.841. The third-order valence-corrected chi connectivity index (χ3v) is 2.54. The van der Waals surface area contributed by atoms with Crippen molar-refractivity contribution in [2.24, 2.45) is 5.73 Å². The van der Waals surface area contributed by atoms with Gasteiger partial charge in [-0.3, -0.25) is 4.98 Å². The minimum atomic E-state index is -0.430. The lowest BCUT2D eigenvalue weighted by Crippen LogP contribution is -2.12. The van der Waals surface area contributed by atoms with E-state index >= 15 is 0 Å². The summed E-state index contributed by atoms with van der Waals surface area (Å²) in [6.45, 7) is 3.82. The van der Waals surface area contributed by atoms with Crippen molar-refractivity contribution in [2.45, 2.75) is 26.3 Å². The first kappa shape index (κ1) is 12.7. The summed E-state index contributed by atoms with van der Waals surface area (Å²) in [5.41, 5.74) is 8.44. The van der Waals surface area contributed by atoms with Crippen molar-refractivity contribution in [2.75, 3.05) is 6.61 Å². The molecule has 18 heavy (non-hydrogen) atoms. The molecule has 6 heteroatoms. The Balaban J connectivity index is 2.29. The Morgan fingerprint density at radius 1 is 1.28 bits per heavy atom. The normalized spacial score (nSPS) is 12.7. The predicted molar refractivity (Wildman–Crippen MR) is 65.6 cm³/mol. The molecule has 0 aliphatic carbocycles. The molecule has 0 fully saturated rings. The Bertz CT molecular complexity index is 518. The molecule has 96 valence electrons. The van der Waals surface area contributed by atoms with Crippen molar-refractivity contribution >= 4 is 0 Å². The molecule has 0 aliphatic heterocycles. The highest BCUT2D eigenvalue weighted by Crippen LogP contribution is 2.20. The largest absolute Gasteiger partial charge is 0.396 e. The number of hydrogen-bond acceptors (Lipinski definition) is 6. The summed E-state index contributed by atoms with van der Waals surface area (Å²) in [4.78, 5) is 8.53. The van der Waals surface area contributed by atoms with Crippen LogP contribution in [-0.2, 0) is 0 Å². The summed E-state index contributed by atoms with van der Waals surface area (Å²) in [5, 5.41) is 12.7. The Morgan fingerprint density at radius 3 is 2.56 bits per heavy atom. The summed E-state index contributed by atoms with van der Waals surface area (Å²) in [6, 6.07) is 3.35. The van der Waals surface area contributed by atoms with Gasteiger partial charge in [0.25, 0.3) is 0 Å². The molecule has 0 radical (unpaired) electrons. The van der Waals surface area contributed by atoms with Crippen LogP contribution in [0.2, 0.25) is 0 Å². The van der Waals surface area contributed by atoms with Crippen molar-refractivity contribution < 1.29 is 9.63 Å². The smallest absolute Gasteiger partial charge is 0.243 e. The molecular formula is C12H16N4O2. The van der Waals surface area contributed by atoms with Crippen molar-refractivity contribution in [3.8, 4) is 11.4 Å². The average molecular weight is 248 g/mol. The lowest BCUT2D eigenvalue weighted by Gasteiger charge is -2.02. The molecule has 0 amide bonds. The second-order valence-corrected chi connectivity index (χ2v) is 4.21. The fourth-order valence-corrected chi connectivity index (χ4v) is 1.73. The van der Waals surface area contributed by atoms with E-state index in [4.69, 9.17) is 15.4 Å². The first-order chi connectivity index (χ1) is 8.60. The van der Waals surface area contributed by atoms with Crippen LogP contribution < -0.4 is 5.73 Å². The standard InChI is InChI=1S/C12H16N4O2/c1-7-5-9(6-8(2)14-7)11-15-12(18-16-11)10(13)3-4-17/h5-6,10,17H,3-4,13H2,1-2H3. The minimum absolute atomic E-state index is 0.00759. The van der Waals surface area contributed by atoms with Gasteiger partial charge >= 0.3 is 0 Å². The number of nitrogens with two attached hydrogens (primary N) is 1. The molecule has 0 spiro atoms. The van der Waals surface area contributed by atoms with Gasteiger partial charge in [0.05, 0.1) is 6.04 Å². The van der Waals surface area contributed by atoms with E-state index in [2.05, 4.69) is 15.1 Å². The van der Waals surface area contributed by atoms with Gasteiger partial charge in [-0.05, 0) is 32.4 Å². The molecular weight excluding hydrogens is 232 g/mol. The molecule has 0 bridgehead atoms. The van der Waals surface area contributed by atoms with Gasteiger partial charge in [-0.1, -0.05) is 5.16 Å². The van der Waals surface area contributed by atoms with Crippen LogP contribution in [0.1, 0.15) is 29.7 Å². The second kappa shape index (κ2) is 5.24. The van der Waals surface area contributed by atoms with Crippen LogP contribution >= 0.6 is 0 Å². The number of pyridine rings is 1. The fourth-order valence-electron chi connectivity index (χ4n) is 1.73. The fraction of sp³-hybridized carbons (Fsp3) is 0.417. The van der Waals surface area contributed by atoms with Gasteiger partial charge in [-0.25, -0.2) is 0 Å². The zero-order valence-corrected chi connectivity index (χ0v) is 10.4. The van der Waals surface area contributed by atoms with Crippen LogP contribution in [0.15, 0.2) is 16.7 Å². The Labute approximate surface area is 105 Å². The number of aliphatic hydroxyl groups is 1. The second-order valence-electron chi connectivity index (χ2n) is 4.21. The summed E-state index contributed by atoms with van der Waals surface area (Å²) < 4.78 is 5.10. The van der Waals surface area contributed by atoms with Gasteiger partial charge in [-0.2, -0.15) is 4.98 Å². The number of aliphatic hydroxyl groups excluding tert-OH is 1. The molecule has 1 unspecified atom stereocenters. The maximum atomic E-state index is 8.82. The molecule has 3 N–H and O–H groups in total. The first-order valence-electron chi connectivity index (χ1n) is 5.76. The molecule has 2 aromatic heterocycles. The molecule has 0 saturated carbocycles. The van der Waals surface area contributed by atoms with Crippen LogP contribution in [0.4, 0.5) is 0 Å². The topological polar surface area (TPSA) is 98.1 Å². The van der Waals surface area contributed by atoms with E-state index in [0.717, 1.165) is 17.0 Å². The molecule has 2 rings (SSSR count). The van der Waals surface area contributed by atoms with E-state index < -0.39 is 6.04 Å². The van der Waals surface area contributed by atoms with Gasteiger partial charge in [0.15, 0.2) is 0 Å². The number of hydrogen-bond donors (Lipinski definition) is 2. The highest BCUT2D eigenvalue weighted by Gasteiger charge is 2.15. The summed E-state index contributed by atoms with van der Waals surface area (Å²) in [5.74, 6) is 0.832. The first-order valence-corrected chi connectivity index (χ1v) is 5.76. The van der Waals surface area contributed by atoms with Crippen molar-refractivity contribution in [3.05, 3.63) is 29.4 Å². The third-order valence-electron chi connectivity index (χ3n) is 2.54. The van der Waals surface area contributed by atoms with Gasteiger partial charge < -0.3 is 15.4 Å². The lowest BCUT2D eigenvalue weighted by molar-refractivity contribution is 0.259.